The number of methoxy groups -OCH3 is 1. The molecule has 2 heterocycles. The first-order valence-corrected chi connectivity index (χ1v) is 8.59. The van der Waals surface area contributed by atoms with Crippen molar-refractivity contribution in [2.75, 3.05) is 13.7 Å². The van der Waals surface area contributed by atoms with Crippen molar-refractivity contribution in [1.82, 2.24) is 15.3 Å². The number of nitrogens with one attached hydrogen (secondary N) is 1. The van der Waals surface area contributed by atoms with Crippen LogP contribution in [-0.2, 0) is 16.9 Å². The number of hydrogen-bond donors (Lipinski definition) is 1. The molecule has 138 valence electrons. The Kier molecular flexibility index (Phi) is 5.46. The molecule has 3 rings (SSSR count). The first kappa shape index (κ1) is 18.3. The van der Waals surface area contributed by atoms with E-state index in [0.29, 0.717) is 5.82 Å². The van der Waals surface area contributed by atoms with E-state index < -0.39 is 11.4 Å². The van der Waals surface area contributed by atoms with E-state index >= 15 is 0 Å². The predicted molar refractivity (Wildman–Crippen MR) is 93.3 cm³/mol. The van der Waals surface area contributed by atoms with Crippen molar-refractivity contribution in [3.05, 3.63) is 53.4 Å². The maximum Gasteiger partial charge on any atom is 0.251 e. The van der Waals surface area contributed by atoms with Gasteiger partial charge in [-0.15, -0.1) is 0 Å². The van der Waals surface area contributed by atoms with Gasteiger partial charge in [0.05, 0.1) is 7.11 Å². The molecule has 1 N–H and O–H groups in total. The third kappa shape index (κ3) is 3.99. The van der Waals surface area contributed by atoms with E-state index in [4.69, 9.17) is 9.47 Å². The summed E-state index contributed by atoms with van der Waals surface area (Å²) in [6.07, 6.45) is 6.41. The highest BCUT2D eigenvalue weighted by Gasteiger charge is 2.32. The number of benzene rings is 1. The minimum Gasteiger partial charge on any atom is -0.494 e. The summed E-state index contributed by atoms with van der Waals surface area (Å²) in [6.45, 7) is 2.97. The zero-order valence-corrected chi connectivity index (χ0v) is 14.9. The van der Waals surface area contributed by atoms with Crippen LogP contribution in [0, 0.1) is 5.82 Å². The fourth-order valence-electron chi connectivity index (χ4n) is 2.92. The zero-order chi connectivity index (χ0) is 18.6. The van der Waals surface area contributed by atoms with Crippen molar-refractivity contribution in [3.63, 3.8) is 0 Å². The number of hydrogen-bond acceptors (Lipinski definition) is 5. The van der Waals surface area contributed by atoms with E-state index in [1.165, 1.54) is 19.2 Å². The second-order valence-corrected chi connectivity index (χ2v) is 6.48. The molecule has 1 amide bonds. The van der Waals surface area contributed by atoms with Crippen LogP contribution < -0.4 is 10.1 Å². The largest absolute Gasteiger partial charge is 0.494 e. The van der Waals surface area contributed by atoms with E-state index in [9.17, 15) is 9.18 Å². The normalized spacial score (nSPS) is 19.8. The quantitative estimate of drug-likeness (QED) is 0.888. The van der Waals surface area contributed by atoms with Gasteiger partial charge >= 0.3 is 0 Å². The molecule has 1 aliphatic rings. The Morgan fingerprint density at radius 3 is 2.73 bits per heavy atom. The van der Waals surface area contributed by atoms with Crippen LogP contribution in [0.1, 0.15) is 47.9 Å². The van der Waals surface area contributed by atoms with Gasteiger partial charge in [0.2, 0.25) is 0 Å². The van der Waals surface area contributed by atoms with Gasteiger partial charge in [-0.25, -0.2) is 14.4 Å². The Bertz CT molecular complexity index is 774. The smallest absolute Gasteiger partial charge is 0.251 e. The zero-order valence-electron chi connectivity index (χ0n) is 14.9. The number of ether oxygens (including phenoxy) is 2. The van der Waals surface area contributed by atoms with Crippen LogP contribution in [0.3, 0.4) is 0 Å². The summed E-state index contributed by atoms with van der Waals surface area (Å²) in [6, 6.07) is 4.08. The van der Waals surface area contributed by atoms with E-state index in [0.717, 1.165) is 37.5 Å². The SMILES string of the molecule is COc1ccc(C(=O)NCc2cnc([C@]3(C)CCCCO3)nc2)cc1F. The molecule has 1 atom stereocenters. The summed E-state index contributed by atoms with van der Waals surface area (Å²) in [5.41, 5.74) is 0.542. The molecule has 0 spiro atoms. The van der Waals surface area contributed by atoms with Gasteiger partial charge in [0.25, 0.3) is 5.91 Å². The average Bonchev–Trinajstić information content (AvgIpc) is 2.67. The summed E-state index contributed by atoms with van der Waals surface area (Å²) in [5.74, 6) is -0.194. The van der Waals surface area contributed by atoms with Gasteiger partial charge in [-0.05, 0) is 44.4 Å². The van der Waals surface area contributed by atoms with Crippen molar-refractivity contribution >= 4 is 5.91 Å². The summed E-state index contributed by atoms with van der Waals surface area (Å²) >= 11 is 0. The maximum atomic E-state index is 13.7. The molecule has 26 heavy (non-hydrogen) atoms. The minimum atomic E-state index is -0.575. The number of carbonyl (C=O) groups is 1. The third-order valence-electron chi connectivity index (χ3n) is 4.51. The van der Waals surface area contributed by atoms with Crippen molar-refractivity contribution in [2.24, 2.45) is 0 Å². The summed E-state index contributed by atoms with van der Waals surface area (Å²) in [4.78, 5) is 21.0. The van der Waals surface area contributed by atoms with Crippen molar-refractivity contribution in [2.45, 2.75) is 38.3 Å². The second kappa shape index (κ2) is 7.78. The van der Waals surface area contributed by atoms with E-state index in [1.807, 2.05) is 6.92 Å². The van der Waals surface area contributed by atoms with Crippen molar-refractivity contribution in [3.8, 4) is 5.75 Å². The molecule has 6 nitrogen and oxygen atoms in total. The van der Waals surface area contributed by atoms with E-state index in [-0.39, 0.29) is 23.8 Å². The lowest BCUT2D eigenvalue weighted by Crippen LogP contribution is -2.32. The molecular formula is C19H22FN3O3. The molecule has 1 aliphatic heterocycles. The van der Waals surface area contributed by atoms with E-state index in [2.05, 4.69) is 15.3 Å². The highest BCUT2D eigenvalue weighted by molar-refractivity contribution is 5.94. The fourth-order valence-corrected chi connectivity index (χ4v) is 2.92. The standard InChI is InChI=1S/C19H22FN3O3/c1-19(7-3-4-8-26-19)18-22-11-13(12-23-18)10-21-17(24)14-5-6-16(25-2)15(20)9-14/h5-6,9,11-12H,3-4,7-8,10H2,1-2H3,(H,21,24)/t19-/m0/s1. The Morgan fingerprint density at radius 1 is 1.35 bits per heavy atom. The number of aromatic nitrogens is 2. The van der Waals surface area contributed by atoms with Crippen LogP contribution in [0.5, 0.6) is 5.75 Å². The summed E-state index contributed by atoms with van der Waals surface area (Å²) < 4.78 is 24.4. The fraction of sp³-hybridized carbons (Fsp3) is 0.421. The lowest BCUT2D eigenvalue weighted by atomic mass is 9.95. The lowest BCUT2D eigenvalue weighted by molar-refractivity contribution is -0.0760. The summed E-state index contributed by atoms with van der Waals surface area (Å²) in [5, 5.41) is 2.73. The van der Waals surface area contributed by atoms with Crippen LogP contribution in [0.2, 0.25) is 0 Å². The molecular weight excluding hydrogens is 337 g/mol. The van der Waals surface area contributed by atoms with Gasteiger partial charge in [-0.2, -0.15) is 0 Å². The van der Waals surface area contributed by atoms with Gasteiger partial charge < -0.3 is 14.8 Å². The van der Waals surface area contributed by atoms with Gasteiger partial charge in [0, 0.05) is 36.7 Å². The highest BCUT2D eigenvalue weighted by Crippen LogP contribution is 2.32. The molecule has 0 radical (unpaired) electrons. The van der Waals surface area contributed by atoms with Crippen LogP contribution in [0.15, 0.2) is 30.6 Å². The van der Waals surface area contributed by atoms with Gasteiger partial charge in [-0.1, -0.05) is 0 Å². The Hall–Kier alpha value is -2.54. The number of halogens is 1. The molecule has 1 aromatic carbocycles. The molecule has 0 aliphatic carbocycles. The van der Waals surface area contributed by atoms with E-state index in [1.54, 1.807) is 12.4 Å². The molecule has 0 bridgehead atoms. The van der Waals surface area contributed by atoms with Crippen LogP contribution in [0.25, 0.3) is 0 Å². The molecule has 1 aromatic heterocycles. The lowest BCUT2D eigenvalue weighted by Gasteiger charge is -2.32. The predicted octanol–water partition coefficient (Wildman–Crippen LogP) is 2.97. The molecule has 0 unspecified atom stereocenters. The number of carbonyl (C=O) groups excluding carboxylic acids is 1. The summed E-state index contributed by atoms with van der Waals surface area (Å²) in [7, 11) is 1.38. The molecule has 7 heteroatoms. The molecule has 1 fully saturated rings. The van der Waals surface area contributed by atoms with Gasteiger partial charge in [0.1, 0.15) is 5.60 Å². The van der Waals surface area contributed by atoms with Crippen LogP contribution >= 0.6 is 0 Å². The molecule has 1 saturated heterocycles. The second-order valence-electron chi connectivity index (χ2n) is 6.48. The number of nitrogens with zero attached hydrogens (tertiary/aromatic N) is 2. The Morgan fingerprint density at radius 2 is 2.12 bits per heavy atom. The minimum absolute atomic E-state index is 0.101. The molecule has 2 aromatic rings. The third-order valence-corrected chi connectivity index (χ3v) is 4.51. The maximum absolute atomic E-state index is 13.7. The number of rotatable bonds is 5. The first-order valence-electron chi connectivity index (χ1n) is 8.59. The Labute approximate surface area is 151 Å². The Balaban J connectivity index is 1.61. The van der Waals surface area contributed by atoms with Crippen molar-refractivity contribution < 1.29 is 18.7 Å². The van der Waals surface area contributed by atoms with Crippen LogP contribution in [0.4, 0.5) is 4.39 Å². The first-order chi connectivity index (χ1) is 12.5. The number of amides is 1. The van der Waals surface area contributed by atoms with Crippen LogP contribution in [-0.4, -0.2) is 29.6 Å². The molecule has 0 saturated carbocycles. The van der Waals surface area contributed by atoms with Gasteiger partial charge in [0.15, 0.2) is 17.4 Å². The monoisotopic (exact) mass is 359 g/mol. The van der Waals surface area contributed by atoms with Gasteiger partial charge in [-0.3, -0.25) is 4.79 Å². The average molecular weight is 359 g/mol. The topological polar surface area (TPSA) is 73.3 Å². The highest BCUT2D eigenvalue weighted by atomic mass is 19.1. The van der Waals surface area contributed by atoms with Crippen molar-refractivity contribution in [1.29, 1.82) is 0 Å².